The van der Waals surface area contributed by atoms with Gasteiger partial charge in [-0.3, -0.25) is 15.1 Å². The molecule has 0 aliphatic carbocycles. The Labute approximate surface area is 116 Å². The lowest BCUT2D eigenvalue weighted by atomic mass is 10.2. The fourth-order valence-electron chi connectivity index (χ4n) is 1.72. The molecule has 0 radical (unpaired) electrons. The fourth-order valence-corrected chi connectivity index (χ4v) is 1.72. The van der Waals surface area contributed by atoms with Gasteiger partial charge in [0.2, 0.25) is 0 Å². The average molecular weight is 273 g/mol. The van der Waals surface area contributed by atoms with Crippen LogP contribution in [0.2, 0.25) is 0 Å². The summed E-state index contributed by atoms with van der Waals surface area (Å²) in [6, 6.07) is 6.69. The first-order valence-electron chi connectivity index (χ1n) is 6.16. The van der Waals surface area contributed by atoms with Crippen molar-refractivity contribution in [3.8, 4) is 0 Å². The van der Waals surface area contributed by atoms with Crippen molar-refractivity contribution in [1.29, 1.82) is 0 Å². The van der Waals surface area contributed by atoms with E-state index in [1.165, 1.54) is 12.1 Å². The van der Waals surface area contributed by atoms with Crippen molar-refractivity contribution in [3.63, 3.8) is 0 Å². The number of anilines is 2. The number of aromatic nitrogens is 2. The van der Waals surface area contributed by atoms with Crippen LogP contribution in [0.25, 0.3) is 0 Å². The van der Waals surface area contributed by atoms with Gasteiger partial charge in [0.05, 0.1) is 17.1 Å². The molecule has 2 aromatic rings. The maximum Gasteiger partial charge on any atom is 0.276 e. The van der Waals surface area contributed by atoms with Gasteiger partial charge < -0.3 is 10.6 Å². The van der Waals surface area contributed by atoms with Crippen LogP contribution < -0.4 is 10.6 Å². The van der Waals surface area contributed by atoms with E-state index in [0.717, 1.165) is 12.0 Å². The van der Waals surface area contributed by atoms with Crippen molar-refractivity contribution < 1.29 is 4.92 Å². The molecular formula is C13H15N5O2. The molecule has 20 heavy (non-hydrogen) atoms. The highest BCUT2D eigenvalue weighted by Crippen LogP contribution is 2.20. The summed E-state index contributed by atoms with van der Waals surface area (Å²) in [6.07, 6.45) is 4.27. The van der Waals surface area contributed by atoms with Crippen LogP contribution in [0.3, 0.4) is 0 Å². The lowest BCUT2D eigenvalue weighted by Gasteiger charge is -2.07. The molecule has 0 saturated carbocycles. The lowest BCUT2D eigenvalue weighted by molar-refractivity contribution is -0.384. The molecule has 2 rings (SSSR count). The Morgan fingerprint density at radius 2 is 1.95 bits per heavy atom. The van der Waals surface area contributed by atoms with E-state index in [1.807, 2.05) is 12.1 Å². The van der Waals surface area contributed by atoms with Crippen LogP contribution in [-0.4, -0.2) is 28.5 Å². The minimum atomic E-state index is -0.434. The molecular weight excluding hydrogens is 258 g/mol. The van der Waals surface area contributed by atoms with Gasteiger partial charge in [0, 0.05) is 26.0 Å². The highest BCUT2D eigenvalue weighted by molar-refractivity contribution is 5.54. The average Bonchev–Trinajstić information content (AvgIpc) is 2.48. The summed E-state index contributed by atoms with van der Waals surface area (Å²) in [5.41, 5.74) is 1.16. The second-order valence-electron chi connectivity index (χ2n) is 4.14. The first-order chi connectivity index (χ1) is 9.69. The number of nitrogens with one attached hydrogen (secondary N) is 2. The summed E-state index contributed by atoms with van der Waals surface area (Å²) in [5.74, 6) is 0.947. The van der Waals surface area contributed by atoms with E-state index in [1.54, 1.807) is 19.4 Å². The predicted octanol–water partition coefficient (Wildman–Crippen LogP) is 2.08. The number of nitro groups is 1. The molecule has 2 aromatic heterocycles. The van der Waals surface area contributed by atoms with Crippen LogP contribution in [0.1, 0.15) is 5.56 Å². The molecule has 0 amide bonds. The number of nitrogens with zero attached hydrogens (tertiary/aromatic N) is 3. The van der Waals surface area contributed by atoms with Crippen LogP contribution >= 0.6 is 0 Å². The summed E-state index contributed by atoms with van der Waals surface area (Å²) in [5, 5.41) is 16.7. The molecule has 0 atom stereocenters. The Bertz CT molecular complexity index is 589. The van der Waals surface area contributed by atoms with E-state index in [2.05, 4.69) is 20.6 Å². The maximum atomic E-state index is 10.8. The zero-order chi connectivity index (χ0) is 14.4. The van der Waals surface area contributed by atoms with Crippen molar-refractivity contribution >= 4 is 17.3 Å². The van der Waals surface area contributed by atoms with Crippen LogP contribution in [0.4, 0.5) is 17.3 Å². The number of rotatable bonds is 6. The van der Waals surface area contributed by atoms with Gasteiger partial charge in [0.1, 0.15) is 11.6 Å². The minimum absolute atomic E-state index is 0.00996. The topological polar surface area (TPSA) is 93.0 Å². The number of pyridine rings is 2. The van der Waals surface area contributed by atoms with Crippen LogP contribution in [0, 0.1) is 10.1 Å². The molecule has 2 heterocycles. The number of hydrogen-bond donors (Lipinski definition) is 2. The fraction of sp³-hybridized carbons (Fsp3) is 0.231. The number of hydrogen-bond acceptors (Lipinski definition) is 6. The van der Waals surface area contributed by atoms with Gasteiger partial charge >= 0.3 is 0 Å². The van der Waals surface area contributed by atoms with Gasteiger partial charge in [-0.1, -0.05) is 0 Å². The molecule has 0 aliphatic heterocycles. The van der Waals surface area contributed by atoms with Gasteiger partial charge in [0.25, 0.3) is 5.69 Å². The van der Waals surface area contributed by atoms with E-state index in [0.29, 0.717) is 18.2 Å². The normalized spacial score (nSPS) is 10.1. The molecule has 2 N–H and O–H groups in total. The Kier molecular flexibility index (Phi) is 4.43. The zero-order valence-electron chi connectivity index (χ0n) is 11.0. The Hall–Kier alpha value is -2.70. The van der Waals surface area contributed by atoms with Crippen molar-refractivity contribution in [1.82, 2.24) is 9.97 Å². The van der Waals surface area contributed by atoms with Gasteiger partial charge in [-0.15, -0.1) is 0 Å². The molecule has 7 heteroatoms. The Balaban J connectivity index is 2.02. The molecule has 0 aromatic carbocycles. The van der Waals surface area contributed by atoms with E-state index in [9.17, 15) is 10.1 Å². The maximum absolute atomic E-state index is 10.8. The second-order valence-corrected chi connectivity index (χ2v) is 4.14. The third-order valence-electron chi connectivity index (χ3n) is 2.75. The predicted molar refractivity (Wildman–Crippen MR) is 76.9 cm³/mol. The van der Waals surface area contributed by atoms with Gasteiger partial charge in [-0.25, -0.2) is 4.98 Å². The van der Waals surface area contributed by atoms with E-state index < -0.39 is 4.92 Å². The van der Waals surface area contributed by atoms with Crippen molar-refractivity contribution in [2.75, 3.05) is 24.2 Å². The lowest BCUT2D eigenvalue weighted by Crippen LogP contribution is -2.08. The van der Waals surface area contributed by atoms with E-state index in [4.69, 9.17) is 0 Å². The summed E-state index contributed by atoms with van der Waals surface area (Å²) in [7, 11) is 1.67. The Morgan fingerprint density at radius 3 is 2.60 bits per heavy atom. The van der Waals surface area contributed by atoms with Crippen molar-refractivity contribution in [2.24, 2.45) is 0 Å². The van der Waals surface area contributed by atoms with Gasteiger partial charge in [-0.05, 0) is 24.1 Å². The molecule has 0 spiro atoms. The first-order valence-corrected chi connectivity index (χ1v) is 6.16. The van der Waals surface area contributed by atoms with Crippen LogP contribution in [0.5, 0.6) is 0 Å². The molecule has 0 aliphatic rings. The zero-order valence-corrected chi connectivity index (χ0v) is 11.0. The monoisotopic (exact) mass is 273 g/mol. The minimum Gasteiger partial charge on any atom is -0.373 e. The standard InChI is InChI=1S/C13H15N5O2/c1-14-12-8-11(18(19)20)9-13(17-12)16-7-4-10-2-5-15-6-3-10/h2-3,5-6,8-9H,4,7H2,1H3,(H2,14,16,17). The third-order valence-corrected chi connectivity index (χ3v) is 2.75. The van der Waals surface area contributed by atoms with Gasteiger partial charge in [-0.2, -0.15) is 0 Å². The molecule has 0 bridgehead atoms. The second kappa shape index (κ2) is 6.46. The summed E-state index contributed by atoms with van der Waals surface area (Å²) in [6.45, 7) is 0.640. The van der Waals surface area contributed by atoms with E-state index >= 15 is 0 Å². The first kappa shape index (κ1) is 13.7. The van der Waals surface area contributed by atoms with Crippen molar-refractivity contribution in [2.45, 2.75) is 6.42 Å². The van der Waals surface area contributed by atoms with Crippen LogP contribution in [0.15, 0.2) is 36.7 Å². The highest BCUT2D eigenvalue weighted by atomic mass is 16.6. The molecule has 7 nitrogen and oxygen atoms in total. The molecule has 104 valence electrons. The summed E-state index contributed by atoms with van der Waals surface area (Å²) >= 11 is 0. The Morgan fingerprint density at radius 1 is 1.25 bits per heavy atom. The largest absolute Gasteiger partial charge is 0.373 e. The molecule has 0 unspecified atom stereocenters. The van der Waals surface area contributed by atoms with E-state index in [-0.39, 0.29) is 5.69 Å². The molecule has 0 fully saturated rings. The molecule has 0 saturated heterocycles. The highest BCUT2D eigenvalue weighted by Gasteiger charge is 2.10. The summed E-state index contributed by atoms with van der Waals surface area (Å²) in [4.78, 5) is 18.6. The summed E-state index contributed by atoms with van der Waals surface area (Å²) < 4.78 is 0. The van der Waals surface area contributed by atoms with Crippen LogP contribution in [-0.2, 0) is 6.42 Å². The quantitative estimate of drug-likeness (QED) is 0.618. The van der Waals surface area contributed by atoms with Crippen molar-refractivity contribution in [3.05, 3.63) is 52.3 Å². The van der Waals surface area contributed by atoms with Gasteiger partial charge in [0.15, 0.2) is 0 Å². The third kappa shape index (κ3) is 3.64. The SMILES string of the molecule is CNc1cc([N+](=O)[O-])cc(NCCc2ccncc2)n1. The smallest absolute Gasteiger partial charge is 0.276 e.